The van der Waals surface area contributed by atoms with Crippen LogP contribution < -0.4 is 0 Å². The minimum Gasteiger partial charge on any atom is -0.272 e. The van der Waals surface area contributed by atoms with E-state index < -0.39 is 0 Å². The minimum atomic E-state index is -0.00789. The Morgan fingerprint density at radius 3 is 2.82 bits per heavy atom. The maximum atomic E-state index is 11.9. The summed E-state index contributed by atoms with van der Waals surface area (Å²) in [6, 6.07) is 7.44. The highest BCUT2D eigenvalue weighted by Gasteiger charge is 2.14. The Balaban J connectivity index is 2.25. The molecule has 0 aliphatic carbocycles. The van der Waals surface area contributed by atoms with E-state index in [9.17, 15) is 4.79 Å². The first-order valence-electron chi connectivity index (χ1n) is 5.73. The smallest absolute Gasteiger partial charge is 0.249 e. The van der Waals surface area contributed by atoms with Crippen LogP contribution in [0.4, 0.5) is 0 Å². The van der Waals surface area contributed by atoms with E-state index in [1.54, 1.807) is 12.4 Å². The van der Waals surface area contributed by atoms with Crippen molar-refractivity contribution in [2.24, 2.45) is 5.92 Å². The second-order valence-corrected chi connectivity index (χ2v) is 4.01. The average Bonchev–Trinajstić information content (AvgIpc) is 2.87. The number of carbonyl (C=O) groups is 1. The average molecular weight is 229 g/mol. The number of aromatic nitrogens is 3. The first-order valence-corrected chi connectivity index (χ1v) is 5.73. The van der Waals surface area contributed by atoms with E-state index in [0.29, 0.717) is 0 Å². The second kappa shape index (κ2) is 4.91. The Morgan fingerprint density at radius 1 is 1.35 bits per heavy atom. The van der Waals surface area contributed by atoms with Crippen molar-refractivity contribution in [3.8, 4) is 11.4 Å². The van der Waals surface area contributed by atoms with Crippen LogP contribution in [0.15, 0.2) is 36.7 Å². The highest BCUT2D eigenvalue weighted by Crippen LogP contribution is 2.14. The summed E-state index contributed by atoms with van der Waals surface area (Å²) in [6.45, 7) is 3.90. The lowest BCUT2D eigenvalue weighted by atomic mass is 10.1. The topological polar surface area (TPSA) is 47.8 Å². The van der Waals surface area contributed by atoms with Gasteiger partial charge < -0.3 is 0 Å². The second-order valence-electron chi connectivity index (χ2n) is 4.01. The molecule has 0 fully saturated rings. The van der Waals surface area contributed by atoms with Crippen molar-refractivity contribution in [3.05, 3.63) is 36.7 Å². The molecule has 0 aliphatic rings. The number of carbonyl (C=O) groups excluding carboxylic acids is 1. The molecule has 0 aromatic carbocycles. The van der Waals surface area contributed by atoms with Crippen LogP contribution in [0.3, 0.4) is 0 Å². The molecule has 0 unspecified atom stereocenters. The third-order valence-corrected chi connectivity index (χ3v) is 2.78. The van der Waals surface area contributed by atoms with Crippen molar-refractivity contribution in [2.45, 2.75) is 20.3 Å². The largest absolute Gasteiger partial charge is 0.272 e. The van der Waals surface area contributed by atoms with Crippen LogP contribution in [0.2, 0.25) is 0 Å². The Kier molecular flexibility index (Phi) is 3.32. The molecular formula is C13H15N3O. The molecule has 0 N–H and O–H groups in total. The molecule has 0 radical (unpaired) electrons. The van der Waals surface area contributed by atoms with Gasteiger partial charge in [0.15, 0.2) is 0 Å². The van der Waals surface area contributed by atoms with Crippen LogP contribution in [0.5, 0.6) is 0 Å². The first kappa shape index (κ1) is 11.5. The van der Waals surface area contributed by atoms with Crippen molar-refractivity contribution in [3.63, 3.8) is 0 Å². The van der Waals surface area contributed by atoms with Crippen LogP contribution in [0.25, 0.3) is 11.4 Å². The van der Waals surface area contributed by atoms with Gasteiger partial charge in [-0.1, -0.05) is 19.9 Å². The van der Waals surface area contributed by atoms with E-state index in [1.807, 2.05) is 38.1 Å². The molecule has 4 nitrogen and oxygen atoms in total. The van der Waals surface area contributed by atoms with E-state index in [0.717, 1.165) is 17.8 Å². The van der Waals surface area contributed by atoms with Gasteiger partial charge in [0, 0.05) is 18.3 Å². The minimum absolute atomic E-state index is 0.00789. The molecule has 2 aromatic heterocycles. The zero-order valence-corrected chi connectivity index (χ0v) is 10.00. The quantitative estimate of drug-likeness (QED) is 0.812. The van der Waals surface area contributed by atoms with Gasteiger partial charge in [-0.25, -0.2) is 4.68 Å². The van der Waals surface area contributed by atoms with Crippen LogP contribution in [0, 0.1) is 5.92 Å². The Morgan fingerprint density at radius 2 is 2.18 bits per heavy atom. The monoisotopic (exact) mass is 229 g/mol. The molecule has 0 amide bonds. The molecule has 17 heavy (non-hydrogen) atoms. The SMILES string of the molecule is CC[C@H](C)C(=O)n1ccc(-c2ccccn2)n1. The molecule has 88 valence electrons. The lowest BCUT2D eigenvalue weighted by Gasteiger charge is -2.05. The standard InChI is InChI=1S/C13H15N3O/c1-3-10(2)13(17)16-9-7-12(15-16)11-6-4-5-8-14-11/h4-10H,3H2,1-2H3/t10-/m0/s1. The molecule has 0 aliphatic heterocycles. The molecule has 2 rings (SSSR count). The van der Waals surface area contributed by atoms with Gasteiger partial charge in [0.25, 0.3) is 0 Å². The van der Waals surface area contributed by atoms with Gasteiger partial charge in [-0.15, -0.1) is 0 Å². The normalized spacial score (nSPS) is 12.4. The zero-order valence-electron chi connectivity index (χ0n) is 10.00. The molecule has 2 heterocycles. The molecule has 2 aromatic rings. The molecule has 1 atom stereocenters. The number of hydrogen-bond donors (Lipinski definition) is 0. The van der Waals surface area contributed by atoms with Crippen molar-refractivity contribution in [1.82, 2.24) is 14.8 Å². The summed E-state index contributed by atoms with van der Waals surface area (Å²) < 4.78 is 1.40. The van der Waals surface area contributed by atoms with Gasteiger partial charge in [-0.2, -0.15) is 5.10 Å². The Bertz CT molecular complexity index is 504. The van der Waals surface area contributed by atoms with E-state index in [2.05, 4.69) is 10.1 Å². The maximum absolute atomic E-state index is 11.9. The fourth-order valence-electron chi connectivity index (χ4n) is 1.50. The molecule has 4 heteroatoms. The van der Waals surface area contributed by atoms with Gasteiger partial charge in [0.05, 0.1) is 5.69 Å². The molecular weight excluding hydrogens is 214 g/mol. The lowest BCUT2D eigenvalue weighted by molar-refractivity contribution is 0.0825. The highest BCUT2D eigenvalue weighted by atomic mass is 16.2. The van der Waals surface area contributed by atoms with E-state index >= 15 is 0 Å². The van der Waals surface area contributed by atoms with Crippen LogP contribution in [0.1, 0.15) is 25.1 Å². The predicted octanol–water partition coefficient (Wildman–Crippen LogP) is 2.63. The summed E-state index contributed by atoms with van der Waals surface area (Å²) >= 11 is 0. The molecule has 0 spiro atoms. The van der Waals surface area contributed by atoms with Crippen molar-refractivity contribution >= 4 is 5.91 Å². The Labute approximate surface area is 100 Å². The van der Waals surface area contributed by atoms with Crippen molar-refractivity contribution in [2.75, 3.05) is 0 Å². The van der Waals surface area contributed by atoms with E-state index in [1.165, 1.54) is 4.68 Å². The summed E-state index contributed by atoms with van der Waals surface area (Å²) in [5.74, 6) is 0.0150. The summed E-state index contributed by atoms with van der Waals surface area (Å²) in [6.07, 6.45) is 4.22. The van der Waals surface area contributed by atoms with Crippen molar-refractivity contribution < 1.29 is 4.79 Å². The zero-order chi connectivity index (χ0) is 12.3. The summed E-state index contributed by atoms with van der Waals surface area (Å²) in [4.78, 5) is 16.1. The number of pyridine rings is 1. The van der Waals surface area contributed by atoms with Gasteiger partial charge >= 0.3 is 0 Å². The van der Waals surface area contributed by atoms with E-state index in [4.69, 9.17) is 0 Å². The summed E-state index contributed by atoms with van der Waals surface area (Å²) in [5, 5.41) is 4.25. The Hall–Kier alpha value is -1.97. The van der Waals surface area contributed by atoms with Gasteiger partial charge in [-0.3, -0.25) is 9.78 Å². The van der Waals surface area contributed by atoms with E-state index in [-0.39, 0.29) is 11.8 Å². The molecule has 0 saturated heterocycles. The number of nitrogens with zero attached hydrogens (tertiary/aromatic N) is 3. The summed E-state index contributed by atoms with van der Waals surface area (Å²) in [5.41, 5.74) is 1.51. The van der Waals surface area contributed by atoms with Crippen LogP contribution in [-0.2, 0) is 0 Å². The maximum Gasteiger partial charge on any atom is 0.249 e. The number of rotatable bonds is 3. The van der Waals surface area contributed by atoms with Gasteiger partial charge in [0.1, 0.15) is 5.69 Å². The summed E-state index contributed by atoms with van der Waals surface area (Å²) in [7, 11) is 0. The lowest BCUT2D eigenvalue weighted by Crippen LogP contribution is -2.19. The highest BCUT2D eigenvalue weighted by molar-refractivity contribution is 5.80. The fourth-order valence-corrected chi connectivity index (χ4v) is 1.50. The molecule has 0 bridgehead atoms. The van der Waals surface area contributed by atoms with Gasteiger partial charge in [0.2, 0.25) is 5.91 Å². The first-order chi connectivity index (χ1) is 8.22. The van der Waals surface area contributed by atoms with Crippen molar-refractivity contribution in [1.29, 1.82) is 0 Å². The predicted molar refractivity (Wildman–Crippen MR) is 65.5 cm³/mol. The van der Waals surface area contributed by atoms with Crippen LogP contribution in [-0.4, -0.2) is 20.7 Å². The third kappa shape index (κ3) is 2.41. The molecule has 0 saturated carbocycles. The van der Waals surface area contributed by atoms with Crippen LogP contribution >= 0.6 is 0 Å². The van der Waals surface area contributed by atoms with Gasteiger partial charge in [-0.05, 0) is 24.6 Å². The third-order valence-electron chi connectivity index (χ3n) is 2.78. The fraction of sp³-hybridized carbons (Fsp3) is 0.308. The number of hydrogen-bond acceptors (Lipinski definition) is 3.